The summed E-state index contributed by atoms with van der Waals surface area (Å²) in [5, 5.41) is 0. The van der Waals surface area contributed by atoms with Crippen LogP contribution in [-0.4, -0.2) is 43.2 Å². The molecule has 0 atom stereocenters. The highest BCUT2D eigenvalue weighted by atomic mass is 16.5. The molecular formula is C18H28N2O3. The van der Waals surface area contributed by atoms with E-state index < -0.39 is 5.91 Å². The van der Waals surface area contributed by atoms with Crippen molar-refractivity contribution in [2.75, 3.05) is 20.3 Å². The van der Waals surface area contributed by atoms with E-state index in [1.807, 2.05) is 18.2 Å². The zero-order chi connectivity index (χ0) is 17.4. The van der Waals surface area contributed by atoms with Crippen LogP contribution >= 0.6 is 0 Å². The fourth-order valence-corrected chi connectivity index (χ4v) is 2.46. The van der Waals surface area contributed by atoms with Crippen LogP contribution in [0.1, 0.15) is 33.3 Å². The Kier molecular flexibility index (Phi) is 7.62. The van der Waals surface area contributed by atoms with Crippen molar-refractivity contribution in [2.45, 2.75) is 39.8 Å². The maximum Gasteiger partial charge on any atom is 0.241 e. The Labute approximate surface area is 139 Å². The van der Waals surface area contributed by atoms with Gasteiger partial charge in [0, 0.05) is 24.7 Å². The van der Waals surface area contributed by atoms with E-state index in [0.29, 0.717) is 30.2 Å². The van der Waals surface area contributed by atoms with Crippen LogP contribution in [0, 0.1) is 0 Å². The molecule has 0 spiro atoms. The molecule has 1 rings (SSSR count). The molecule has 23 heavy (non-hydrogen) atoms. The second-order valence-electron chi connectivity index (χ2n) is 5.92. The molecule has 2 N–H and O–H groups in total. The molecule has 0 fully saturated rings. The number of carbonyl (C=O) groups excluding carboxylic acids is 1. The number of hydrogen-bond donors (Lipinski definition) is 1. The molecule has 1 amide bonds. The van der Waals surface area contributed by atoms with Crippen LogP contribution in [0.25, 0.3) is 6.08 Å². The molecular weight excluding hydrogens is 292 g/mol. The molecule has 1 aromatic carbocycles. The minimum Gasteiger partial charge on any atom is -0.493 e. The van der Waals surface area contributed by atoms with E-state index in [9.17, 15) is 4.79 Å². The largest absolute Gasteiger partial charge is 0.493 e. The number of carbonyl (C=O) groups is 1. The van der Waals surface area contributed by atoms with Crippen LogP contribution in [0.4, 0.5) is 0 Å². The van der Waals surface area contributed by atoms with Crippen molar-refractivity contribution in [3.8, 4) is 11.5 Å². The summed E-state index contributed by atoms with van der Waals surface area (Å²) < 4.78 is 11.2. The average molecular weight is 320 g/mol. The van der Waals surface area contributed by atoms with E-state index in [2.05, 4.69) is 32.6 Å². The van der Waals surface area contributed by atoms with Gasteiger partial charge in [-0.2, -0.15) is 0 Å². The third kappa shape index (κ3) is 6.32. The quantitative estimate of drug-likeness (QED) is 0.711. The van der Waals surface area contributed by atoms with Crippen LogP contribution in [0.3, 0.4) is 0 Å². The number of primary amides is 1. The highest BCUT2D eigenvalue weighted by Gasteiger charge is 2.13. The molecule has 0 aliphatic carbocycles. The van der Waals surface area contributed by atoms with Crippen molar-refractivity contribution >= 4 is 12.0 Å². The van der Waals surface area contributed by atoms with Gasteiger partial charge < -0.3 is 15.2 Å². The van der Waals surface area contributed by atoms with Crippen molar-refractivity contribution < 1.29 is 14.3 Å². The molecule has 5 nitrogen and oxygen atoms in total. The minimum atomic E-state index is -0.480. The minimum absolute atomic E-state index is 0.474. The van der Waals surface area contributed by atoms with E-state index in [1.54, 1.807) is 13.2 Å². The lowest BCUT2D eigenvalue weighted by atomic mass is 10.2. The molecule has 1 aromatic rings. The number of benzene rings is 1. The third-order valence-corrected chi connectivity index (χ3v) is 3.56. The van der Waals surface area contributed by atoms with Crippen LogP contribution in [-0.2, 0) is 4.79 Å². The maximum atomic E-state index is 10.8. The number of hydrogen-bond acceptors (Lipinski definition) is 4. The standard InChI is InChI=1S/C18H28N2O3/c1-13(2)20(14(3)4)10-11-23-16-8-6-15(7-9-18(19)21)12-17(16)22-5/h6-9,12-14H,10-11H2,1-5H3,(H2,19,21). The third-order valence-electron chi connectivity index (χ3n) is 3.56. The SMILES string of the molecule is COc1cc(C=CC(N)=O)ccc1OCCN(C(C)C)C(C)C. The summed E-state index contributed by atoms with van der Waals surface area (Å²) >= 11 is 0. The van der Waals surface area contributed by atoms with Crippen molar-refractivity contribution in [3.05, 3.63) is 29.8 Å². The maximum absolute atomic E-state index is 10.8. The molecule has 0 aliphatic rings. The Balaban J connectivity index is 2.71. The fraction of sp³-hybridized carbons (Fsp3) is 0.500. The van der Waals surface area contributed by atoms with Crippen LogP contribution < -0.4 is 15.2 Å². The Bertz CT molecular complexity index is 531. The van der Waals surface area contributed by atoms with Gasteiger partial charge in [-0.1, -0.05) is 6.07 Å². The van der Waals surface area contributed by atoms with Gasteiger partial charge in [-0.05, 0) is 51.5 Å². The van der Waals surface area contributed by atoms with Gasteiger partial charge in [0.25, 0.3) is 0 Å². The summed E-state index contributed by atoms with van der Waals surface area (Å²) in [5.74, 6) is 0.847. The summed E-state index contributed by atoms with van der Waals surface area (Å²) in [4.78, 5) is 13.2. The van der Waals surface area contributed by atoms with Crippen LogP contribution in [0.15, 0.2) is 24.3 Å². The first-order valence-electron chi connectivity index (χ1n) is 7.89. The zero-order valence-corrected chi connectivity index (χ0v) is 14.7. The van der Waals surface area contributed by atoms with Gasteiger partial charge >= 0.3 is 0 Å². The number of ether oxygens (including phenoxy) is 2. The molecule has 0 saturated heterocycles. The smallest absolute Gasteiger partial charge is 0.241 e. The number of amides is 1. The molecule has 0 radical (unpaired) electrons. The van der Waals surface area contributed by atoms with Gasteiger partial charge in [-0.15, -0.1) is 0 Å². The molecule has 0 saturated carbocycles. The van der Waals surface area contributed by atoms with Crippen molar-refractivity contribution in [3.63, 3.8) is 0 Å². The van der Waals surface area contributed by atoms with E-state index in [-0.39, 0.29) is 0 Å². The summed E-state index contributed by atoms with van der Waals surface area (Å²) in [7, 11) is 1.60. The molecule has 0 heterocycles. The van der Waals surface area contributed by atoms with Gasteiger partial charge in [0.15, 0.2) is 11.5 Å². The lowest BCUT2D eigenvalue weighted by Gasteiger charge is -2.30. The molecule has 0 aliphatic heterocycles. The molecule has 5 heteroatoms. The predicted octanol–water partition coefficient (Wildman–Crippen LogP) is 2.69. The predicted molar refractivity (Wildman–Crippen MR) is 93.7 cm³/mol. The van der Waals surface area contributed by atoms with Crippen LogP contribution in [0.5, 0.6) is 11.5 Å². The van der Waals surface area contributed by atoms with E-state index in [0.717, 1.165) is 12.1 Å². The highest BCUT2D eigenvalue weighted by Crippen LogP contribution is 2.28. The zero-order valence-electron chi connectivity index (χ0n) is 14.7. The lowest BCUT2D eigenvalue weighted by Crippen LogP contribution is -2.39. The van der Waals surface area contributed by atoms with Gasteiger partial charge in [0.05, 0.1) is 7.11 Å². The van der Waals surface area contributed by atoms with Crippen molar-refractivity contribution in [1.29, 1.82) is 0 Å². The van der Waals surface area contributed by atoms with Gasteiger partial charge in [-0.25, -0.2) is 0 Å². The number of nitrogens with two attached hydrogens (primary N) is 1. The van der Waals surface area contributed by atoms with Gasteiger partial charge in [0.2, 0.25) is 5.91 Å². The fourth-order valence-electron chi connectivity index (χ4n) is 2.46. The molecule has 0 aromatic heterocycles. The highest BCUT2D eigenvalue weighted by molar-refractivity contribution is 5.90. The lowest BCUT2D eigenvalue weighted by molar-refractivity contribution is -0.113. The summed E-state index contributed by atoms with van der Waals surface area (Å²) in [6, 6.07) is 6.47. The Hall–Kier alpha value is -2.01. The number of rotatable bonds is 9. The molecule has 0 bridgehead atoms. The summed E-state index contributed by atoms with van der Waals surface area (Å²) in [6.07, 6.45) is 2.96. The van der Waals surface area contributed by atoms with E-state index in [1.165, 1.54) is 6.08 Å². The van der Waals surface area contributed by atoms with Gasteiger partial charge in [-0.3, -0.25) is 9.69 Å². The molecule has 128 valence electrons. The first-order valence-corrected chi connectivity index (χ1v) is 7.89. The summed E-state index contributed by atoms with van der Waals surface area (Å²) in [5.41, 5.74) is 5.93. The Morgan fingerprint density at radius 1 is 1.22 bits per heavy atom. The van der Waals surface area contributed by atoms with Gasteiger partial charge in [0.1, 0.15) is 6.61 Å². The first-order chi connectivity index (χ1) is 10.8. The Morgan fingerprint density at radius 2 is 1.87 bits per heavy atom. The van der Waals surface area contributed by atoms with Crippen molar-refractivity contribution in [1.82, 2.24) is 4.90 Å². The summed E-state index contributed by atoms with van der Waals surface area (Å²) in [6.45, 7) is 10.2. The van der Waals surface area contributed by atoms with Crippen LogP contribution in [0.2, 0.25) is 0 Å². The first kappa shape index (κ1) is 19.0. The van der Waals surface area contributed by atoms with E-state index in [4.69, 9.17) is 15.2 Å². The number of nitrogens with zero attached hydrogens (tertiary/aromatic N) is 1. The second kappa shape index (κ2) is 9.20. The average Bonchev–Trinajstić information content (AvgIpc) is 2.49. The monoisotopic (exact) mass is 320 g/mol. The molecule has 0 unspecified atom stereocenters. The Morgan fingerprint density at radius 3 is 2.39 bits per heavy atom. The topological polar surface area (TPSA) is 64.8 Å². The van der Waals surface area contributed by atoms with Crippen molar-refractivity contribution in [2.24, 2.45) is 5.73 Å². The number of methoxy groups -OCH3 is 1. The normalized spacial score (nSPS) is 11.7. The second-order valence-corrected chi connectivity index (χ2v) is 5.92. The van der Waals surface area contributed by atoms with E-state index >= 15 is 0 Å².